The van der Waals surface area contributed by atoms with Crippen LogP contribution in [0.15, 0.2) is 241 Å². The third-order valence-corrected chi connectivity index (χ3v) is 14.4. The van der Waals surface area contributed by atoms with Gasteiger partial charge < -0.3 is 13.9 Å². The Bertz CT molecular complexity index is 4190. The molecule has 0 atom stereocenters. The second-order valence-corrected chi connectivity index (χ2v) is 18.3. The van der Waals surface area contributed by atoms with Gasteiger partial charge in [-0.15, -0.1) is 0 Å². The monoisotopic (exact) mass is 880 g/mol. The molecule has 2 aromatic heterocycles. The molecule has 1 aliphatic carbocycles. The number of anilines is 3. The van der Waals surface area contributed by atoms with E-state index >= 15 is 0 Å². The normalized spacial score (nSPS) is 12.5. The minimum Gasteiger partial charge on any atom is -0.456 e. The third-order valence-electron chi connectivity index (χ3n) is 14.4. The summed E-state index contributed by atoms with van der Waals surface area (Å²) < 4.78 is 8.94. The molecule has 0 aliphatic heterocycles. The Hall–Kier alpha value is -8.92. The average molecular weight is 881 g/mol. The van der Waals surface area contributed by atoms with Crippen molar-refractivity contribution in [1.29, 1.82) is 0 Å². The summed E-state index contributed by atoms with van der Waals surface area (Å²) in [5.41, 5.74) is 17.2. The van der Waals surface area contributed by atoms with Gasteiger partial charge in [0, 0.05) is 50.0 Å². The number of aromatic nitrogens is 1. The van der Waals surface area contributed by atoms with E-state index in [1.807, 2.05) is 0 Å². The maximum Gasteiger partial charge on any atom is 0.136 e. The SMILES string of the molecule is C1=Cc2c(n(-c3cccc(-c4ccc(N(c5ccc(-c6cc7ccccc7c7ccccc67)cc5)c5ccccc5-c5ccc6oc7cc8ccccc8cc7c6c5)cc4)c3)c3ccccc23)CC1. The Morgan fingerprint density at radius 3 is 1.87 bits per heavy atom. The highest BCUT2D eigenvalue weighted by Gasteiger charge is 2.21. The fraction of sp³-hybridized carbons (Fsp3) is 0.0303. The van der Waals surface area contributed by atoms with Gasteiger partial charge in [-0.1, -0.05) is 164 Å². The summed E-state index contributed by atoms with van der Waals surface area (Å²) in [5.74, 6) is 0. The summed E-state index contributed by atoms with van der Waals surface area (Å²) in [5, 5.41) is 11.0. The second kappa shape index (κ2) is 15.9. The van der Waals surface area contributed by atoms with Crippen LogP contribution in [0.1, 0.15) is 17.7 Å². The molecule has 0 radical (unpaired) electrons. The number of benzene rings is 11. The van der Waals surface area contributed by atoms with Gasteiger partial charge in [0.1, 0.15) is 11.2 Å². The molecule has 0 spiro atoms. The van der Waals surface area contributed by atoms with Crippen molar-refractivity contribution in [3.8, 4) is 39.1 Å². The lowest BCUT2D eigenvalue weighted by Crippen LogP contribution is -2.11. The fourth-order valence-electron chi connectivity index (χ4n) is 11.1. The molecule has 0 unspecified atom stereocenters. The average Bonchev–Trinajstić information content (AvgIpc) is 3.95. The van der Waals surface area contributed by atoms with Crippen molar-refractivity contribution < 1.29 is 4.42 Å². The summed E-state index contributed by atoms with van der Waals surface area (Å²) in [6.07, 6.45) is 6.70. The minimum atomic E-state index is 0.886. The summed E-state index contributed by atoms with van der Waals surface area (Å²) in [4.78, 5) is 2.41. The number of hydrogen-bond donors (Lipinski definition) is 0. The van der Waals surface area contributed by atoms with Crippen molar-refractivity contribution >= 4 is 88.3 Å². The summed E-state index contributed by atoms with van der Waals surface area (Å²) >= 11 is 0. The van der Waals surface area contributed by atoms with Gasteiger partial charge in [-0.05, 0) is 152 Å². The minimum absolute atomic E-state index is 0.886. The van der Waals surface area contributed by atoms with Crippen LogP contribution in [0.3, 0.4) is 0 Å². The van der Waals surface area contributed by atoms with Gasteiger partial charge in [0.15, 0.2) is 0 Å². The zero-order valence-corrected chi connectivity index (χ0v) is 37.8. The van der Waals surface area contributed by atoms with E-state index in [9.17, 15) is 0 Å². The van der Waals surface area contributed by atoms with E-state index in [1.54, 1.807) is 0 Å². The summed E-state index contributed by atoms with van der Waals surface area (Å²) in [6.45, 7) is 0. The van der Waals surface area contributed by atoms with Crippen molar-refractivity contribution in [1.82, 2.24) is 4.57 Å². The van der Waals surface area contributed by atoms with E-state index in [-0.39, 0.29) is 0 Å². The van der Waals surface area contributed by atoms with Crippen LogP contribution >= 0.6 is 0 Å². The van der Waals surface area contributed by atoms with Crippen LogP contribution in [0, 0.1) is 0 Å². The quantitative estimate of drug-likeness (QED) is 0.149. The topological polar surface area (TPSA) is 21.3 Å². The highest BCUT2D eigenvalue weighted by Crippen LogP contribution is 2.45. The summed E-state index contributed by atoms with van der Waals surface area (Å²) in [6, 6.07) is 84.3. The number of fused-ring (bicyclic) bond motifs is 10. The molecule has 13 aromatic rings. The Labute approximate surface area is 400 Å². The highest BCUT2D eigenvalue weighted by atomic mass is 16.3. The van der Waals surface area contributed by atoms with Gasteiger partial charge in [0.05, 0.1) is 11.2 Å². The lowest BCUT2D eigenvalue weighted by Gasteiger charge is -2.28. The standard InChI is InChI=1S/C66H44N2O/c1-2-15-47-42-66-61(39-46(47)14-1)60-41-49(32-37-65(60)69-66)54-20-7-10-25-62(54)67(51-35-30-44(31-36-51)59-40-48-16-3-4-19-53(48)55-21-5-6-22-56(55)59)50-33-28-43(29-34-50)45-17-13-18-52(38-45)68-63-26-11-8-23-57(63)58-24-9-12-27-64(58)68/h1-11,13-26,28-42H,12,27H2. The van der Waals surface area contributed by atoms with Crippen molar-refractivity contribution in [3.63, 3.8) is 0 Å². The molecule has 1 aliphatic rings. The number of allylic oxidation sites excluding steroid dienone is 1. The molecule has 69 heavy (non-hydrogen) atoms. The summed E-state index contributed by atoms with van der Waals surface area (Å²) in [7, 11) is 0. The number of para-hydroxylation sites is 2. The molecule has 14 rings (SSSR count). The Morgan fingerprint density at radius 1 is 0.391 bits per heavy atom. The maximum atomic E-state index is 6.47. The van der Waals surface area contributed by atoms with Crippen LogP contribution in [0.25, 0.3) is 110 Å². The molecule has 0 fully saturated rings. The van der Waals surface area contributed by atoms with Crippen LogP contribution in [0.2, 0.25) is 0 Å². The first-order valence-electron chi connectivity index (χ1n) is 24.0. The first-order valence-corrected chi connectivity index (χ1v) is 24.0. The van der Waals surface area contributed by atoms with Crippen LogP contribution in [0.4, 0.5) is 17.1 Å². The lowest BCUT2D eigenvalue weighted by atomic mass is 9.93. The Kier molecular flexibility index (Phi) is 9.03. The van der Waals surface area contributed by atoms with Crippen LogP contribution in [0.5, 0.6) is 0 Å². The number of rotatable bonds is 7. The molecule has 324 valence electrons. The zero-order chi connectivity index (χ0) is 45.4. The Morgan fingerprint density at radius 2 is 1.04 bits per heavy atom. The molecule has 11 aromatic carbocycles. The van der Waals surface area contributed by atoms with Crippen molar-refractivity contribution in [3.05, 3.63) is 248 Å². The number of nitrogens with zero attached hydrogens (tertiary/aromatic N) is 2. The molecule has 3 nitrogen and oxygen atoms in total. The zero-order valence-electron chi connectivity index (χ0n) is 37.8. The van der Waals surface area contributed by atoms with E-state index < -0.39 is 0 Å². The molecule has 3 heteroatoms. The molecule has 2 heterocycles. The molecular weight excluding hydrogens is 837 g/mol. The maximum absolute atomic E-state index is 6.47. The molecule has 0 bridgehead atoms. The third kappa shape index (κ3) is 6.50. The Balaban J connectivity index is 0.898. The molecule has 0 saturated heterocycles. The second-order valence-electron chi connectivity index (χ2n) is 18.3. The van der Waals surface area contributed by atoms with Gasteiger partial charge in [0.2, 0.25) is 0 Å². The molecule has 0 amide bonds. The molecular formula is C66H44N2O. The van der Waals surface area contributed by atoms with Crippen LogP contribution in [-0.4, -0.2) is 4.57 Å². The van der Waals surface area contributed by atoms with Gasteiger partial charge in [-0.25, -0.2) is 0 Å². The van der Waals surface area contributed by atoms with Crippen LogP contribution in [-0.2, 0) is 6.42 Å². The van der Waals surface area contributed by atoms with Crippen molar-refractivity contribution in [2.75, 3.05) is 4.90 Å². The van der Waals surface area contributed by atoms with Crippen molar-refractivity contribution in [2.45, 2.75) is 12.8 Å². The predicted octanol–water partition coefficient (Wildman–Crippen LogP) is 18.4. The van der Waals surface area contributed by atoms with Gasteiger partial charge in [0.25, 0.3) is 0 Å². The van der Waals surface area contributed by atoms with E-state index in [4.69, 9.17) is 4.42 Å². The van der Waals surface area contributed by atoms with E-state index in [2.05, 4.69) is 252 Å². The van der Waals surface area contributed by atoms with Crippen LogP contribution < -0.4 is 4.90 Å². The smallest absolute Gasteiger partial charge is 0.136 e. The number of furan rings is 1. The fourth-order valence-corrected chi connectivity index (χ4v) is 11.1. The highest BCUT2D eigenvalue weighted by molar-refractivity contribution is 6.14. The predicted molar refractivity (Wildman–Crippen MR) is 291 cm³/mol. The van der Waals surface area contributed by atoms with Gasteiger partial charge in [-0.3, -0.25) is 0 Å². The first-order chi connectivity index (χ1) is 34.2. The van der Waals surface area contributed by atoms with Gasteiger partial charge in [-0.2, -0.15) is 0 Å². The van der Waals surface area contributed by atoms with Crippen molar-refractivity contribution in [2.24, 2.45) is 0 Å². The van der Waals surface area contributed by atoms with Gasteiger partial charge >= 0.3 is 0 Å². The number of hydrogen-bond acceptors (Lipinski definition) is 2. The molecule has 0 N–H and O–H groups in total. The van der Waals surface area contributed by atoms with E-state index in [0.29, 0.717) is 0 Å². The lowest BCUT2D eigenvalue weighted by molar-refractivity contribution is 0.669. The van der Waals surface area contributed by atoms with E-state index in [0.717, 1.165) is 63.0 Å². The molecule has 0 saturated carbocycles. The first kappa shape index (κ1) is 39.3. The van der Waals surface area contributed by atoms with E-state index in [1.165, 1.54) is 82.4 Å². The largest absolute Gasteiger partial charge is 0.456 e.